The maximum atomic E-state index is 12.0. The third-order valence-corrected chi connectivity index (χ3v) is 6.34. The van der Waals surface area contributed by atoms with E-state index in [9.17, 15) is 4.79 Å². The number of ether oxygens (including phenoxy) is 1. The van der Waals surface area contributed by atoms with Crippen LogP contribution in [0.1, 0.15) is 17.9 Å². The first-order valence-corrected chi connectivity index (χ1v) is 7.41. The highest BCUT2D eigenvalue weighted by molar-refractivity contribution is 14.1. The van der Waals surface area contributed by atoms with Crippen molar-refractivity contribution in [3.05, 3.63) is 35.9 Å². The number of rotatable bonds is 1. The summed E-state index contributed by atoms with van der Waals surface area (Å²) in [6.07, 6.45) is 1.38. The number of benzene rings is 1. The molecule has 0 spiro atoms. The Hall–Kier alpha value is -0.580. The minimum Gasteiger partial charge on any atom is -0.461 e. The predicted molar refractivity (Wildman–Crippen MR) is 72.0 cm³/mol. The van der Waals surface area contributed by atoms with Crippen LogP contribution in [0.4, 0.5) is 0 Å². The molecule has 2 saturated carbocycles. The lowest BCUT2D eigenvalue weighted by Gasteiger charge is -2.28. The van der Waals surface area contributed by atoms with E-state index in [1.807, 2.05) is 6.07 Å². The average Bonchev–Trinajstić information content (AvgIpc) is 2.94. The van der Waals surface area contributed by atoms with Crippen LogP contribution in [-0.2, 0) is 9.53 Å². The van der Waals surface area contributed by atoms with Crippen LogP contribution < -0.4 is 0 Å². The molecule has 0 radical (unpaired) electrons. The van der Waals surface area contributed by atoms with Crippen LogP contribution >= 0.6 is 22.6 Å². The van der Waals surface area contributed by atoms with Gasteiger partial charge in [0.15, 0.2) is 0 Å². The molecule has 3 heteroatoms. The Bertz CT molecular complexity index is 472. The van der Waals surface area contributed by atoms with Crippen molar-refractivity contribution in [3.8, 4) is 0 Å². The molecule has 4 rings (SSSR count). The molecule has 2 bridgehead atoms. The normalized spacial score (nSPS) is 46.3. The van der Waals surface area contributed by atoms with Gasteiger partial charge in [0.25, 0.3) is 0 Å². The van der Waals surface area contributed by atoms with E-state index < -0.39 is 0 Å². The van der Waals surface area contributed by atoms with Gasteiger partial charge in [-0.2, -0.15) is 0 Å². The third kappa shape index (κ3) is 1.23. The Morgan fingerprint density at radius 1 is 1.12 bits per heavy atom. The minimum atomic E-state index is 0.0514. The molecule has 1 saturated heterocycles. The molecule has 1 aliphatic heterocycles. The summed E-state index contributed by atoms with van der Waals surface area (Å²) >= 11 is 2.49. The van der Waals surface area contributed by atoms with E-state index in [1.165, 1.54) is 12.0 Å². The van der Waals surface area contributed by atoms with Crippen LogP contribution in [0.2, 0.25) is 0 Å². The summed E-state index contributed by atoms with van der Waals surface area (Å²) in [7, 11) is 0. The molecule has 88 valence electrons. The molecule has 0 unspecified atom stereocenters. The summed E-state index contributed by atoms with van der Waals surface area (Å²) in [5, 5.41) is 0. The van der Waals surface area contributed by atoms with Crippen molar-refractivity contribution in [1.82, 2.24) is 0 Å². The number of halogens is 1. The van der Waals surface area contributed by atoms with Crippen LogP contribution in [0.3, 0.4) is 0 Å². The molecular weight excluding hydrogens is 327 g/mol. The Labute approximate surface area is 114 Å². The fourth-order valence-electron chi connectivity index (χ4n) is 4.10. The minimum absolute atomic E-state index is 0.0514. The number of carbonyl (C=O) groups excluding carboxylic acids is 1. The van der Waals surface area contributed by atoms with Crippen molar-refractivity contribution in [2.45, 2.75) is 22.4 Å². The maximum Gasteiger partial charge on any atom is 0.310 e. The lowest BCUT2D eigenvalue weighted by atomic mass is 9.76. The van der Waals surface area contributed by atoms with Crippen LogP contribution in [0, 0.1) is 17.8 Å². The first-order valence-electron chi connectivity index (χ1n) is 6.17. The van der Waals surface area contributed by atoms with Gasteiger partial charge >= 0.3 is 5.97 Å². The average molecular weight is 340 g/mol. The van der Waals surface area contributed by atoms with Gasteiger partial charge in [-0.3, -0.25) is 4.79 Å². The quantitative estimate of drug-likeness (QED) is 0.446. The molecular formula is C14H13IO2. The molecule has 0 amide bonds. The van der Waals surface area contributed by atoms with E-state index in [-0.39, 0.29) is 18.0 Å². The molecule has 17 heavy (non-hydrogen) atoms. The van der Waals surface area contributed by atoms with E-state index in [0.717, 1.165) is 0 Å². The first kappa shape index (κ1) is 10.4. The highest BCUT2D eigenvalue weighted by atomic mass is 127. The first-order chi connectivity index (χ1) is 8.27. The van der Waals surface area contributed by atoms with Gasteiger partial charge in [0, 0.05) is 11.8 Å². The second kappa shape index (κ2) is 3.46. The molecule has 1 aromatic carbocycles. The van der Waals surface area contributed by atoms with Crippen molar-refractivity contribution >= 4 is 28.6 Å². The van der Waals surface area contributed by atoms with Gasteiger partial charge in [-0.25, -0.2) is 0 Å². The van der Waals surface area contributed by atoms with Crippen molar-refractivity contribution < 1.29 is 9.53 Å². The molecule has 3 aliphatic rings. The lowest BCUT2D eigenvalue weighted by molar-refractivity contribution is -0.143. The molecule has 1 heterocycles. The van der Waals surface area contributed by atoms with E-state index in [2.05, 4.69) is 46.9 Å². The lowest BCUT2D eigenvalue weighted by Crippen LogP contribution is -2.32. The van der Waals surface area contributed by atoms with Crippen LogP contribution in [0.15, 0.2) is 30.3 Å². The van der Waals surface area contributed by atoms with Crippen molar-refractivity contribution in [1.29, 1.82) is 0 Å². The third-order valence-electron chi connectivity index (χ3n) is 4.71. The van der Waals surface area contributed by atoms with Gasteiger partial charge in [0.2, 0.25) is 0 Å². The highest BCUT2D eigenvalue weighted by Gasteiger charge is 2.65. The zero-order valence-corrected chi connectivity index (χ0v) is 11.4. The summed E-state index contributed by atoms with van der Waals surface area (Å²) in [5.74, 6) is 1.70. The molecule has 2 aliphatic carbocycles. The second-order valence-corrected chi connectivity index (χ2v) is 6.81. The van der Waals surface area contributed by atoms with E-state index in [1.54, 1.807) is 0 Å². The Balaban J connectivity index is 1.80. The zero-order valence-electron chi connectivity index (χ0n) is 9.25. The summed E-state index contributed by atoms with van der Waals surface area (Å²) < 4.78 is 6.06. The summed E-state index contributed by atoms with van der Waals surface area (Å²) in [5.41, 5.74) is 1.32. The zero-order chi connectivity index (χ0) is 11.6. The molecule has 3 fully saturated rings. The summed E-state index contributed by atoms with van der Waals surface area (Å²) in [4.78, 5) is 12.0. The Kier molecular flexibility index (Phi) is 2.11. The van der Waals surface area contributed by atoms with Gasteiger partial charge in [0.05, 0.1) is 9.84 Å². The fraction of sp³-hybridized carbons (Fsp3) is 0.500. The molecule has 0 N–H and O–H groups in total. The van der Waals surface area contributed by atoms with E-state index in [4.69, 9.17) is 4.74 Å². The standard InChI is InChI=1S/C14H13IO2/c15-12-8-6-9-11(14(16)17-13(9)12)10(8)7-4-2-1-3-5-7/h1-5,8-13H,6H2/t8-,9-,10-,11-,12+,13-/m0/s1. The van der Waals surface area contributed by atoms with Crippen LogP contribution in [0.5, 0.6) is 0 Å². The van der Waals surface area contributed by atoms with Gasteiger partial charge in [-0.15, -0.1) is 0 Å². The summed E-state index contributed by atoms with van der Waals surface area (Å²) in [6, 6.07) is 10.5. The number of hydrogen-bond donors (Lipinski definition) is 0. The number of hydrogen-bond acceptors (Lipinski definition) is 2. The van der Waals surface area contributed by atoms with Crippen molar-refractivity contribution in [3.63, 3.8) is 0 Å². The van der Waals surface area contributed by atoms with Gasteiger partial charge < -0.3 is 4.74 Å². The van der Waals surface area contributed by atoms with E-state index >= 15 is 0 Å². The topological polar surface area (TPSA) is 26.3 Å². The molecule has 6 atom stereocenters. The van der Waals surface area contributed by atoms with Crippen LogP contribution in [0.25, 0.3) is 0 Å². The fourth-order valence-corrected chi connectivity index (χ4v) is 5.52. The summed E-state index contributed by atoms with van der Waals surface area (Å²) in [6.45, 7) is 0. The van der Waals surface area contributed by atoms with Crippen molar-refractivity contribution in [2.75, 3.05) is 0 Å². The largest absolute Gasteiger partial charge is 0.461 e. The molecule has 0 aromatic heterocycles. The number of alkyl halides is 1. The van der Waals surface area contributed by atoms with Crippen molar-refractivity contribution in [2.24, 2.45) is 17.8 Å². The molecule has 1 aromatic rings. The number of fused-ring (bicyclic) bond motifs is 1. The smallest absolute Gasteiger partial charge is 0.310 e. The number of carbonyl (C=O) groups is 1. The van der Waals surface area contributed by atoms with Gasteiger partial charge in [0.1, 0.15) is 6.10 Å². The number of esters is 1. The van der Waals surface area contributed by atoms with E-state index in [0.29, 0.717) is 21.7 Å². The molecule has 2 nitrogen and oxygen atoms in total. The van der Waals surface area contributed by atoms with Gasteiger partial charge in [-0.05, 0) is 17.9 Å². The maximum absolute atomic E-state index is 12.0. The van der Waals surface area contributed by atoms with Crippen LogP contribution in [-0.4, -0.2) is 16.0 Å². The van der Waals surface area contributed by atoms with Gasteiger partial charge in [-0.1, -0.05) is 52.9 Å². The predicted octanol–water partition coefficient (Wildman–Crippen LogP) is 2.77. The monoisotopic (exact) mass is 340 g/mol. The Morgan fingerprint density at radius 3 is 2.65 bits per heavy atom. The SMILES string of the molecule is O=C1O[C@@H]2[C@H](I)[C@H]3C[C@H]2[C@H]1[C@H]3c1ccccc1. The Morgan fingerprint density at radius 2 is 1.88 bits per heavy atom. The second-order valence-electron chi connectivity index (χ2n) is 5.37. The highest BCUT2D eigenvalue weighted by Crippen LogP contribution is 2.63.